The minimum Gasteiger partial charge on any atom is -0.349 e. The Hall–Kier alpha value is -1.59. The van der Waals surface area contributed by atoms with E-state index in [0.29, 0.717) is 5.92 Å². The van der Waals surface area contributed by atoms with Gasteiger partial charge in [0.2, 0.25) is 0 Å². The highest BCUT2D eigenvalue weighted by Crippen LogP contribution is 2.27. The number of amides is 1. The minimum atomic E-state index is -4.48. The summed E-state index contributed by atoms with van der Waals surface area (Å²) >= 11 is 0. The molecule has 0 saturated heterocycles. The molecule has 20 heavy (non-hydrogen) atoms. The van der Waals surface area contributed by atoms with Gasteiger partial charge >= 0.3 is 6.18 Å². The van der Waals surface area contributed by atoms with E-state index in [1.807, 2.05) is 0 Å². The van der Waals surface area contributed by atoms with E-state index in [0.717, 1.165) is 37.9 Å². The van der Waals surface area contributed by atoms with Gasteiger partial charge in [-0.2, -0.15) is 13.2 Å². The molecular weight excluding hydrogens is 269 g/mol. The minimum absolute atomic E-state index is 0.0959. The zero-order chi connectivity index (χ0) is 14.8. The summed E-state index contributed by atoms with van der Waals surface area (Å²) in [6.45, 7) is 2.08. The molecule has 1 aliphatic rings. The van der Waals surface area contributed by atoms with E-state index in [-0.39, 0.29) is 17.5 Å². The third-order valence-corrected chi connectivity index (χ3v) is 3.74. The number of nitrogens with zero attached hydrogens (tertiary/aromatic N) is 1. The molecule has 1 aromatic rings. The molecule has 1 saturated carbocycles. The maximum atomic E-state index is 12.4. The third kappa shape index (κ3) is 3.49. The molecule has 1 fully saturated rings. The fraction of sp³-hybridized carbons (Fsp3) is 0.571. The van der Waals surface area contributed by atoms with Crippen LogP contribution in [0.5, 0.6) is 0 Å². The van der Waals surface area contributed by atoms with Crippen molar-refractivity contribution < 1.29 is 18.0 Å². The summed E-state index contributed by atoms with van der Waals surface area (Å²) in [5.74, 6) is 0.0417. The molecule has 1 heterocycles. The highest BCUT2D eigenvalue weighted by Gasteiger charge is 2.32. The molecule has 3 nitrogen and oxygen atoms in total. The van der Waals surface area contributed by atoms with Crippen LogP contribution >= 0.6 is 0 Å². The van der Waals surface area contributed by atoms with Crippen LogP contribution in [0.4, 0.5) is 13.2 Å². The number of alkyl halides is 3. The third-order valence-electron chi connectivity index (χ3n) is 3.74. The van der Waals surface area contributed by atoms with Crippen molar-refractivity contribution in [2.75, 3.05) is 0 Å². The van der Waals surface area contributed by atoms with Crippen LogP contribution in [-0.2, 0) is 6.18 Å². The summed E-state index contributed by atoms with van der Waals surface area (Å²) < 4.78 is 37.1. The van der Waals surface area contributed by atoms with Gasteiger partial charge < -0.3 is 5.32 Å². The van der Waals surface area contributed by atoms with Crippen molar-refractivity contribution in [1.82, 2.24) is 10.3 Å². The van der Waals surface area contributed by atoms with Gasteiger partial charge in [0.25, 0.3) is 5.91 Å². The fourth-order valence-electron chi connectivity index (χ4n) is 2.48. The molecule has 0 spiro atoms. The number of aromatic nitrogens is 1. The Bertz CT molecular complexity index is 470. The second-order valence-electron chi connectivity index (χ2n) is 5.27. The lowest BCUT2D eigenvalue weighted by Crippen LogP contribution is -2.41. The first kappa shape index (κ1) is 14.8. The van der Waals surface area contributed by atoms with E-state index in [1.54, 1.807) is 0 Å². The smallest absolute Gasteiger partial charge is 0.349 e. The molecule has 0 bridgehead atoms. The summed E-state index contributed by atoms with van der Waals surface area (Å²) in [5.41, 5.74) is -0.823. The van der Waals surface area contributed by atoms with Gasteiger partial charge in [0, 0.05) is 12.2 Å². The van der Waals surface area contributed by atoms with Crippen LogP contribution in [0.3, 0.4) is 0 Å². The molecule has 6 heteroatoms. The summed E-state index contributed by atoms with van der Waals surface area (Å²) in [5, 5.41) is 2.88. The van der Waals surface area contributed by atoms with Crippen LogP contribution < -0.4 is 5.32 Å². The van der Waals surface area contributed by atoms with Gasteiger partial charge in [0.15, 0.2) is 0 Å². The molecular formula is C14H17F3N2O. The van der Waals surface area contributed by atoms with Gasteiger partial charge in [-0.05, 0) is 30.9 Å². The topological polar surface area (TPSA) is 42.0 Å². The molecule has 0 aliphatic heterocycles. The molecule has 1 aliphatic carbocycles. The number of carbonyl (C=O) groups is 1. The molecule has 1 aromatic heterocycles. The first-order chi connectivity index (χ1) is 9.38. The van der Waals surface area contributed by atoms with Gasteiger partial charge in [-0.15, -0.1) is 0 Å². The van der Waals surface area contributed by atoms with Crippen molar-refractivity contribution in [3.8, 4) is 0 Å². The van der Waals surface area contributed by atoms with Crippen molar-refractivity contribution in [2.45, 2.75) is 44.8 Å². The lowest BCUT2D eigenvalue weighted by molar-refractivity contribution is -0.141. The fourth-order valence-corrected chi connectivity index (χ4v) is 2.48. The number of hydrogen-bond acceptors (Lipinski definition) is 2. The van der Waals surface area contributed by atoms with Crippen LogP contribution in [0.15, 0.2) is 18.3 Å². The van der Waals surface area contributed by atoms with Crippen molar-refractivity contribution in [3.63, 3.8) is 0 Å². The molecule has 0 unspecified atom stereocenters. The summed E-state index contributed by atoms with van der Waals surface area (Å²) in [4.78, 5) is 15.3. The van der Waals surface area contributed by atoms with Crippen molar-refractivity contribution in [2.24, 2.45) is 5.92 Å². The first-order valence-corrected chi connectivity index (χ1v) is 6.72. The van der Waals surface area contributed by atoms with Crippen molar-refractivity contribution in [3.05, 3.63) is 29.6 Å². The molecule has 110 valence electrons. The molecule has 2 atom stereocenters. The van der Waals surface area contributed by atoms with Crippen LogP contribution in [0.2, 0.25) is 0 Å². The Morgan fingerprint density at radius 3 is 2.55 bits per heavy atom. The van der Waals surface area contributed by atoms with E-state index in [9.17, 15) is 18.0 Å². The highest BCUT2D eigenvalue weighted by atomic mass is 19.4. The van der Waals surface area contributed by atoms with E-state index >= 15 is 0 Å². The maximum Gasteiger partial charge on any atom is 0.433 e. The number of rotatable bonds is 2. The number of nitrogens with one attached hydrogen (secondary N) is 1. The quantitative estimate of drug-likeness (QED) is 0.905. The molecule has 1 N–H and O–H groups in total. The lowest BCUT2D eigenvalue weighted by atomic mass is 9.86. The standard InChI is InChI=1S/C14H17F3N2O/c1-9-4-2-3-5-11(9)19-13(20)10-6-7-12(18-8-10)14(15,16)17/h6-9,11H,2-5H2,1H3,(H,19,20)/t9-,11-/m1/s1. The van der Waals surface area contributed by atoms with E-state index in [1.165, 1.54) is 6.07 Å². The highest BCUT2D eigenvalue weighted by molar-refractivity contribution is 5.94. The average Bonchev–Trinajstić information content (AvgIpc) is 2.40. The second-order valence-corrected chi connectivity index (χ2v) is 5.27. The predicted octanol–water partition coefficient (Wildman–Crippen LogP) is 3.41. The maximum absolute atomic E-state index is 12.4. The number of halogens is 3. The largest absolute Gasteiger partial charge is 0.433 e. The molecule has 2 rings (SSSR count). The Morgan fingerprint density at radius 2 is 2.00 bits per heavy atom. The van der Waals surface area contributed by atoms with Crippen molar-refractivity contribution >= 4 is 5.91 Å². The summed E-state index contributed by atoms with van der Waals surface area (Å²) in [7, 11) is 0. The number of hydrogen-bond donors (Lipinski definition) is 1. The Balaban J connectivity index is 2.02. The lowest BCUT2D eigenvalue weighted by Gasteiger charge is -2.29. The monoisotopic (exact) mass is 286 g/mol. The van der Waals surface area contributed by atoms with E-state index < -0.39 is 11.9 Å². The molecule has 0 aromatic carbocycles. The van der Waals surface area contributed by atoms with Crippen LogP contribution in [0.25, 0.3) is 0 Å². The van der Waals surface area contributed by atoms with Crippen LogP contribution in [-0.4, -0.2) is 16.9 Å². The summed E-state index contributed by atoms with van der Waals surface area (Å²) in [6, 6.07) is 2.09. The van der Waals surface area contributed by atoms with Gasteiger partial charge in [0.05, 0.1) is 5.56 Å². The zero-order valence-electron chi connectivity index (χ0n) is 11.2. The van der Waals surface area contributed by atoms with Gasteiger partial charge in [-0.1, -0.05) is 19.8 Å². The SMILES string of the molecule is C[C@@H]1CCCC[C@H]1NC(=O)c1ccc(C(F)(F)F)nc1. The van der Waals surface area contributed by atoms with Gasteiger partial charge in [0.1, 0.15) is 5.69 Å². The zero-order valence-corrected chi connectivity index (χ0v) is 11.2. The Labute approximate surface area is 115 Å². The first-order valence-electron chi connectivity index (χ1n) is 6.72. The van der Waals surface area contributed by atoms with Crippen molar-refractivity contribution in [1.29, 1.82) is 0 Å². The van der Waals surface area contributed by atoms with E-state index in [2.05, 4.69) is 17.2 Å². The van der Waals surface area contributed by atoms with Gasteiger partial charge in [-0.3, -0.25) is 9.78 Å². The predicted molar refractivity (Wildman–Crippen MR) is 68.1 cm³/mol. The molecule has 0 radical (unpaired) electrons. The van der Waals surface area contributed by atoms with E-state index in [4.69, 9.17) is 0 Å². The normalized spacial score (nSPS) is 23.4. The Kier molecular flexibility index (Phi) is 4.30. The summed E-state index contributed by atoms with van der Waals surface area (Å²) in [6.07, 6.45) is 0.714. The van der Waals surface area contributed by atoms with Crippen LogP contribution in [0.1, 0.15) is 48.7 Å². The number of pyridine rings is 1. The average molecular weight is 286 g/mol. The molecule has 1 amide bonds. The van der Waals surface area contributed by atoms with Gasteiger partial charge in [-0.25, -0.2) is 0 Å². The number of carbonyl (C=O) groups excluding carboxylic acids is 1. The second kappa shape index (κ2) is 5.81. The van der Waals surface area contributed by atoms with Crippen LogP contribution in [0, 0.1) is 5.92 Å². The Morgan fingerprint density at radius 1 is 1.30 bits per heavy atom.